The van der Waals surface area contributed by atoms with Crippen molar-refractivity contribution >= 4 is 11.8 Å². The van der Waals surface area contributed by atoms with Gasteiger partial charge in [-0.15, -0.1) is 0 Å². The number of nitrogens with two attached hydrogens (primary N) is 1. The van der Waals surface area contributed by atoms with Crippen molar-refractivity contribution < 1.29 is 0 Å². The number of hydrogen-bond donors (Lipinski definition) is 3. The molecule has 0 aromatic carbocycles. The van der Waals surface area contributed by atoms with Crippen LogP contribution in [0.25, 0.3) is 0 Å². The fourth-order valence-corrected chi connectivity index (χ4v) is 2.27. The molecule has 0 atom stereocenters. The molecule has 2 aliphatic rings. The fraction of sp³-hybridized carbons (Fsp3) is 0.667. The van der Waals surface area contributed by atoms with Gasteiger partial charge in [0.1, 0.15) is 5.82 Å². The lowest BCUT2D eigenvalue weighted by molar-refractivity contribution is 0.708. The summed E-state index contributed by atoms with van der Waals surface area (Å²) in [6.07, 6.45) is 4.62. The van der Waals surface area contributed by atoms with Gasteiger partial charge in [-0.1, -0.05) is 0 Å². The van der Waals surface area contributed by atoms with Crippen LogP contribution in [-0.2, 0) is 12.8 Å². The molecule has 0 bridgehead atoms. The minimum atomic E-state index is 0.393. The number of anilines is 2. The average molecular weight is 233 g/mol. The summed E-state index contributed by atoms with van der Waals surface area (Å²) in [5.74, 6) is 2.19. The van der Waals surface area contributed by atoms with Crippen LogP contribution in [0, 0.1) is 5.92 Å². The maximum absolute atomic E-state index is 5.77. The van der Waals surface area contributed by atoms with E-state index in [0.29, 0.717) is 5.95 Å². The number of hydrogen-bond acceptors (Lipinski definition) is 5. The van der Waals surface area contributed by atoms with E-state index < -0.39 is 0 Å². The Morgan fingerprint density at radius 3 is 2.88 bits per heavy atom. The molecule has 1 aromatic heterocycles. The minimum Gasteiger partial charge on any atom is -0.369 e. The van der Waals surface area contributed by atoms with Gasteiger partial charge < -0.3 is 16.4 Å². The third-order valence-corrected chi connectivity index (χ3v) is 3.46. The van der Waals surface area contributed by atoms with Crippen LogP contribution in [0.2, 0.25) is 0 Å². The molecule has 5 heteroatoms. The zero-order chi connectivity index (χ0) is 11.7. The van der Waals surface area contributed by atoms with Crippen molar-refractivity contribution in [1.29, 1.82) is 0 Å². The monoisotopic (exact) mass is 233 g/mol. The zero-order valence-electron chi connectivity index (χ0n) is 10.00. The molecule has 0 amide bonds. The molecule has 0 unspecified atom stereocenters. The van der Waals surface area contributed by atoms with E-state index in [1.807, 2.05) is 0 Å². The molecular formula is C12H19N5. The second-order valence-electron chi connectivity index (χ2n) is 4.93. The first-order valence-corrected chi connectivity index (χ1v) is 6.43. The van der Waals surface area contributed by atoms with Crippen molar-refractivity contribution in [2.75, 3.05) is 30.7 Å². The van der Waals surface area contributed by atoms with Crippen LogP contribution >= 0.6 is 0 Å². The molecule has 1 fully saturated rings. The highest BCUT2D eigenvalue weighted by atomic mass is 15.1. The van der Waals surface area contributed by atoms with E-state index in [2.05, 4.69) is 20.6 Å². The van der Waals surface area contributed by atoms with Gasteiger partial charge in [0.2, 0.25) is 5.95 Å². The Kier molecular flexibility index (Phi) is 2.84. The van der Waals surface area contributed by atoms with Crippen molar-refractivity contribution in [3.05, 3.63) is 11.3 Å². The second kappa shape index (κ2) is 4.49. The molecule has 0 radical (unpaired) electrons. The predicted octanol–water partition coefficient (Wildman–Crippen LogP) is 0.569. The highest BCUT2D eigenvalue weighted by Gasteiger charge is 2.22. The van der Waals surface area contributed by atoms with E-state index in [9.17, 15) is 0 Å². The molecule has 1 aliphatic heterocycles. The van der Waals surface area contributed by atoms with Crippen LogP contribution in [0.15, 0.2) is 0 Å². The fourth-order valence-electron chi connectivity index (χ4n) is 2.27. The topological polar surface area (TPSA) is 75.9 Å². The molecule has 92 valence electrons. The average Bonchev–Trinajstić information content (AvgIpc) is 3.12. The molecule has 3 rings (SSSR count). The molecule has 1 saturated carbocycles. The first-order chi connectivity index (χ1) is 8.33. The summed E-state index contributed by atoms with van der Waals surface area (Å²) in [5, 5.41) is 6.83. The lowest BCUT2D eigenvalue weighted by Gasteiger charge is -2.13. The summed E-state index contributed by atoms with van der Waals surface area (Å²) in [6, 6.07) is 0. The maximum Gasteiger partial charge on any atom is 0.222 e. The molecule has 4 N–H and O–H groups in total. The quantitative estimate of drug-likeness (QED) is 0.711. The van der Waals surface area contributed by atoms with E-state index in [0.717, 1.165) is 49.9 Å². The highest BCUT2D eigenvalue weighted by Crippen LogP contribution is 2.29. The molecule has 0 saturated heterocycles. The van der Waals surface area contributed by atoms with Gasteiger partial charge in [-0.05, 0) is 31.7 Å². The summed E-state index contributed by atoms with van der Waals surface area (Å²) < 4.78 is 0. The van der Waals surface area contributed by atoms with Crippen molar-refractivity contribution in [2.24, 2.45) is 5.92 Å². The second-order valence-corrected chi connectivity index (χ2v) is 4.93. The lowest BCUT2D eigenvalue weighted by Crippen LogP contribution is -2.16. The minimum absolute atomic E-state index is 0.393. The van der Waals surface area contributed by atoms with Crippen LogP contribution in [0.3, 0.4) is 0 Å². The van der Waals surface area contributed by atoms with E-state index in [1.54, 1.807) is 0 Å². The Morgan fingerprint density at radius 2 is 2.06 bits per heavy atom. The van der Waals surface area contributed by atoms with Crippen LogP contribution in [0.1, 0.15) is 24.1 Å². The Balaban J connectivity index is 1.85. The Morgan fingerprint density at radius 1 is 1.24 bits per heavy atom. The van der Waals surface area contributed by atoms with Gasteiger partial charge in [0.15, 0.2) is 0 Å². The molecule has 17 heavy (non-hydrogen) atoms. The van der Waals surface area contributed by atoms with Crippen LogP contribution in [0.5, 0.6) is 0 Å². The summed E-state index contributed by atoms with van der Waals surface area (Å²) in [5.41, 5.74) is 8.14. The largest absolute Gasteiger partial charge is 0.369 e. The van der Waals surface area contributed by atoms with Crippen molar-refractivity contribution in [3.8, 4) is 0 Å². The summed E-state index contributed by atoms with van der Waals surface area (Å²) in [7, 11) is 0. The van der Waals surface area contributed by atoms with Crippen LogP contribution in [-0.4, -0.2) is 29.6 Å². The Labute approximate surface area is 101 Å². The lowest BCUT2D eigenvalue weighted by atomic mass is 10.1. The number of rotatable bonds is 3. The maximum atomic E-state index is 5.77. The van der Waals surface area contributed by atoms with Crippen molar-refractivity contribution in [3.63, 3.8) is 0 Å². The van der Waals surface area contributed by atoms with Crippen LogP contribution < -0.4 is 16.4 Å². The van der Waals surface area contributed by atoms with Gasteiger partial charge in [0, 0.05) is 25.1 Å². The highest BCUT2D eigenvalue weighted by molar-refractivity contribution is 5.50. The number of aromatic nitrogens is 2. The number of nitrogen functional groups attached to an aromatic ring is 1. The summed E-state index contributed by atoms with van der Waals surface area (Å²) >= 11 is 0. The van der Waals surface area contributed by atoms with Gasteiger partial charge in [-0.3, -0.25) is 0 Å². The first kappa shape index (κ1) is 10.8. The van der Waals surface area contributed by atoms with E-state index >= 15 is 0 Å². The molecular weight excluding hydrogens is 214 g/mol. The van der Waals surface area contributed by atoms with Crippen molar-refractivity contribution in [2.45, 2.75) is 25.7 Å². The third-order valence-electron chi connectivity index (χ3n) is 3.46. The SMILES string of the molecule is Nc1nc2c(c(NCC3CC3)n1)CCNCC2. The van der Waals surface area contributed by atoms with Gasteiger partial charge in [0.25, 0.3) is 0 Å². The first-order valence-electron chi connectivity index (χ1n) is 6.43. The number of nitrogens with one attached hydrogen (secondary N) is 2. The van der Waals surface area contributed by atoms with Gasteiger partial charge in [-0.2, -0.15) is 4.98 Å². The number of nitrogens with zero attached hydrogens (tertiary/aromatic N) is 2. The van der Waals surface area contributed by atoms with E-state index in [1.165, 1.54) is 18.4 Å². The molecule has 2 heterocycles. The molecule has 0 spiro atoms. The van der Waals surface area contributed by atoms with E-state index in [4.69, 9.17) is 5.73 Å². The predicted molar refractivity (Wildman–Crippen MR) is 67.9 cm³/mol. The van der Waals surface area contributed by atoms with Crippen molar-refractivity contribution in [1.82, 2.24) is 15.3 Å². The Hall–Kier alpha value is -1.36. The standard InChI is InChI=1S/C12H19N5/c13-12-16-10-4-6-14-5-3-9(10)11(17-12)15-7-8-1-2-8/h8,14H,1-7H2,(H3,13,15,16,17). The smallest absolute Gasteiger partial charge is 0.222 e. The normalized spacial score (nSPS) is 19.5. The van der Waals surface area contributed by atoms with E-state index in [-0.39, 0.29) is 0 Å². The molecule has 1 aromatic rings. The summed E-state index contributed by atoms with van der Waals surface area (Å²) in [6.45, 7) is 3.00. The molecule has 1 aliphatic carbocycles. The van der Waals surface area contributed by atoms with Crippen LogP contribution in [0.4, 0.5) is 11.8 Å². The zero-order valence-corrected chi connectivity index (χ0v) is 10.00. The van der Waals surface area contributed by atoms with Gasteiger partial charge in [-0.25, -0.2) is 4.98 Å². The summed E-state index contributed by atoms with van der Waals surface area (Å²) in [4.78, 5) is 8.72. The molecule has 5 nitrogen and oxygen atoms in total. The van der Waals surface area contributed by atoms with Gasteiger partial charge >= 0.3 is 0 Å². The Bertz CT molecular complexity index is 414. The third kappa shape index (κ3) is 2.49. The van der Waals surface area contributed by atoms with Gasteiger partial charge in [0.05, 0.1) is 5.69 Å². The number of fused-ring (bicyclic) bond motifs is 1.